The van der Waals surface area contributed by atoms with Crippen molar-refractivity contribution >= 4 is 5.91 Å². The molecule has 0 unspecified atom stereocenters. The average Bonchev–Trinajstić information content (AvgIpc) is 2.58. The van der Waals surface area contributed by atoms with Crippen molar-refractivity contribution in [1.29, 1.82) is 0 Å². The van der Waals surface area contributed by atoms with Gasteiger partial charge in [-0.15, -0.1) is 0 Å². The lowest BCUT2D eigenvalue weighted by Gasteiger charge is -2.10. The summed E-state index contributed by atoms with van der Waals surface area (Å²) < 4.78 is 43.6. The van der Waals surface area contributed by atoms with Gasteiger partial charge in [0.25, 0.3) is 5.91 Å². The molecule has 134 valence electrons. The summed E-state index contributed by atoms with van der Waals surface area (Å²) in [4.78, 5) is 12.0. The van der Waals surface area contributed by atoms with Crippen LogP contribution in [0.5, 0.6) is 0 Å². The van der Waals surface area contributed by atoms with Crippen LogP contribution in [0.3, 0.4) is 0 Å². The van der Waals surface area contributed by atoms with Crippen LogP contribution >= 0.6 is 0 Å². The number of hydrogen-bond acceptors (Lipinski definition) is 2. The van der Waals surface area contributed by atoms with E-state index in [-0.39, 0.29) is 18.2 Å². The Bertz CT molecular complexity index is 709. The molecule has 0 saturated carbocycles. The fourth-order valence-corrected chi connectivity index (χ4v) is 2.14. The molecular weight excluding hydrogens is 331 g/mol. The first-order chi connectivity index (χ1) is 11.8. The van der Waals surface area contributed by atoms with Crippen molar-refractivity contribution in [3.8, 4) is 0 Å². The van der Waals surface area contributed by atoms with Gasteiger partial charge in [0.1, 0.15) is 0 Å². The molecule has 6 heteroatoms. The molecule has 0 bridgehead atoms. The summed E-state index contributed by atoms with van der Waals surface area (Å²) in [6.07, 6.45) is -4.32. The molecule has 1 amide bonds. The van der Waals surface area contributed by atoms with Crippen molar-refractivity contribution in [2.45, 2.75) is 39.3 Å². The zero-order valence-corrected chi connectivity index (χ0v) is 14.1. The van der Waals surface area contributed by atoms with Crippen LogP contribution in [-0.4, -0.2) is 12.0 Å². The van der Waals surface area contributed by atoms with Gasteiger partial charge in [-0.05, 0) is 43.2 Å². The first kappa shape index (κ1) is 19.0. The van der Waals surface area contributed by atoms with Crippen molar-refractivity contribution in [2.24, 2.45) is 0 Å². The highest BCUT2D eigenvalue weighted by Crippen LogP contribution is 2.29. The molecule has 0 fully saturated rings. The quantitative estimate of drug-likeness (QED) is 0.828. The van der Waals surface area contributed by atoms with E-state index in [2.05, 4.69) is 5.32 Å². The second-order valence-electron chi connectivity index (χ2n) is 5.94. The van der Waals surface area contributed by atoms with Gasteiger partial charge in [-0.1, -0.05) is 30.3 Å². The molecule has 0 aliphatic rings. The number of amides is 1. The van der Waals surface area contributed by atoms with E-state index in [9.17, 15) is 18.0 Å². The monoisotopic (exact) mass is 351 g/mol. The number of rotatable bonds is 6. The van der Waals surface area contributed by atoms with Gasteiger partial charge in [0.05, 0.1) is 18.3 Å². The van der Waals surface area contributed by atoms with Crippen LogP contribution < -0.4 is 5.32 Å². The fraction of sp³-hybridized carbons (Fsp3) is 0.316. The minimum atomic E-state index is -4.47. The summed E-state index contributed by atoms with van der Waals surface area (Å²) in [5, 5.41) is 2.63. The van der Waals surface area contributed by atoms with E-state index in [0.29, 0.717) is 6.61 Å². The number of carbonyl (C=O) groups is 1. The van der Waals surface area contributed by atoms with Gasteiger partial charge in [0, 0.05) is 12.1 Å². The molecular formula is C19H20F3NO2. The average molecular weight is 351 g/mol. The SMILES string of the molecule is CC(C)OCc1ccc(CNC(=O)c2cccc(C(F)(F)F)c2)cc1. The Kier molecular flexibility index (Phi) is 6.20. The molecule has 2 rings (SSSR count). The predicted molar refractivity (Wildman–Crippen MR) is 89.0 cm³/mol. The van der Waals surface area contributed by atoms with E-state index < -0.39 is 17.6 Å². The highest BCUT2D eigenvalue weighted by molar-refractivity contribution is 5.94. The zero-order valence-electron chi connectivity index (χ0n) is 14.1. The number of hydrogen-bond donors (Lipinski definition) is 1. The highest BCUT2D eigenvalue weighted by Gasteiger charge is 2.30. The number of carbonyl (C=O) groups excluding carboxylic acids is 1. The molecule has 0 radical (unpaired) electrons. The van der Waals surface area contributed by atoms with E-state index in [4.69, 9.17) is 4.74 Å². The van der Waals surface area contributed by atoms with Crippen molar-refractivity contribution in [3.63, 3.8) is 0 Å². The summed E-state index contributed by atoms with van der Waals surface area (Å²) in [6, 6.07) is 11.9. The van der Waals surface area contributed by atoms with Crippen molar-refractivity contribution < 1.29 is 22.7 Å². The van der Waals surface area contributed by atoms with Crippen LogP contribution in [-0.2, 0) is 24.1 Å². The van der Waals surface area contributed by atoms with E-state index in [1.165, 1.54) is 12.1 Å². The lowest BCUT2D eigenvalue weighted by atomic mass is 10.1. The number of nitrogens with one attached hydrogen (secondary N) is 1. The molecule has 25 heavy (non-hydrogen) atoms. The number of halogens is 3. The van der Waals surface area contributed by atoms with Gasteiger partial charge in [-0.25, -0.2) is 0 Å². The van der Waals surface area contributed by atoms with Crippen molar-refractivity contribution in [3.05, 3.63) is 70.8 Å². The molecule has 0 heterocycles. The van der Waals surface area contributed by atoms with E-state index in [1.807, 2.05) is 38.1 Å². The van der Waals surface area contributed by atoms with Gasteiger partial charge < -0.3 is 10.1 Å². The second kappa shape index (κ2) is 8.16. The fourth-order valence-electron chi connectivity index (χ4n) is 2.14. The molecule has 0 spiro atoms. The van der Waals surface area contributed by atoms with Gasteiger partial charge in [-0.3, -0.25) is 4.79 Å². The first-order valence-corrected chi connectivity index (χ1v) is 7.90. The molecule has 2 aromatic carbocycles. The van der Waals surface area contributed by atoms with Gasteiger partial charge in [0.15, 0.2) is 0 Å². The van der Waals surface area contributed by atoms with Crippen LogP contribution in [0.25, 0.3) is 0 Å². The largest absolute Gasteiger partial charge is 0.416 e. The Morgan fingerprint density at radius 2 is 1.72 bits per heavy atom. The summed E-state index contributed by atoms with van der Waals surface area (Å²) in [6.45, 7) is 4.66. The lowest BCUT2D eigenvalue weighted by molar-refractivity contribution is -0.137. The standard InChI is InChI=1S/C19H20F3NO2/c1-13(2)25-12-15-8-6-14(7-9-15)11-23-18(24)16-4-3-5-17(10-16)19(20,21)22/h3-10,13H,11-12H2,1-2H3,(H,23,24). The maximum atomic E-state index is 12.7. The third kappa shape index (κ3) is 5.90. The lowest BCUT2D eigenvalue weighted by Crippen LogP contribution is -2.23. The molecule has 0 aliphatic heterocycles. The van der Waals surface area contributed by atoms with E-state index in [0.717, 1.165) is 23.3 Å². The molecule has 0 aliphatic carbocycles. The molecule has 0 atom stereocenters. The van der Waals surface area contributed by atoms with Gasteiger partial charge in [0.2, 0.25) is 0 Å². The van der Waals surface area contributed by atoms with Crippen molar-refractivity contribution in [1.82, 2.24) is 5.32 Å². The summed E-state index contributed by atoms with van der Waals surface area (Å²) in [7, 11) is 0. The van der Waals surface area contributed by atoms with Crippen LogP contribution in [0, 0.1) is 0 Å². The Hall–Kier alpha value is -2.34. The minimum absolute atomic E-state index is 0.0169. The van der Waals surface area contributed by atoms with E-state index >= 15 is 0 Å². The van der Waals surface area contributed by atoms with Gasteiger partial charge >= 0.3 is 6.18 Å². The number of alkyl halides is 3. The predicted octanol–water partition coefficient (Wildman–Crippen LogP) is 4.56. The molecule has 0 aromatic heterocycles. The summed E-state index contributed by atoms with van der Waals surface area (Å²) in [5.74, 6) is -0.543. The van der Waals surface area contributed by atoms with E-state index in [1.54, 1.807) is 0 Å². The molecule has 3 nitrogen and oxygen atoms in total. The Labute approximate surface area is 144 Å². The summed E-state index contributed by atoms with van der Waals surface area (Å²) >= 11 is 0. The van der Waals surface area contributed by atoms with Crippen molar-refractivity contribution in [2.75, 3.05) is 0 Å². The van der Waals surface area contributed by atoms with Crippen LogP contribution in [0.4, 0.5) is 13.2 Å². The maximum absolute atomic E-state index is 12.7. The smallest absolute Gasteiger partial charge is 0.374 e. The Balaban J connectivity index is 1.94. The minimum Gasteiger partial charge on any atom is -0.374 e. The normalized spacial score (nSPS) is 11.6. The third-order valence-corrected chi connectivity index (χ3v) is 3.51. The van der Waals surface area contributed by atoms with Crippen LogP contribution in [0.1, 0.15) is 40.9 Å². The molecule has 2 aromatic rings. The number of ether oxygens (including phenoxy) is 1. The zero-order chi connectivity index (χ0) is 18.4. The molecule has 0 saturated heterocycles. The topological polar surface area (TPSA) is 38.3 Å². The second-order valence-corrected chi connectivity index (χ2v) is 5.94. The Morgan fingerprint density at radius 3 is 2.32 bits per heavy atom. The Morgan fingerprint density at radius 1 is 1.08 bits per heavy atom. The van der Waals surface area contributed by atoms with Crippen LogP contribution in [0.2, 0.25) is 0 Å². The highest BCUT2D eigenvalue weighted by atomic mass is 19.4. The summed E-state index contributed by atoms with van der Waals surface area (Å²) in [5.41, 5.74) is 1.02. The van der Waals surface area contributed by atoms with Gasteiger partial charge in [-0.2, -0.15) is 13.2 Å². The third-order valence-electron chi connectivity index (χ3n) is 3.51. The first-order valence-electron chi connectivity index (χ1n) is 7.90. The van der Waals surface area contributed by atoms with Crippen LogP contribution in [0.15, 0.2) is 48.5 Å². The molecule has 1 N–H and O–H groups in total. The number of benzene rings is 2. The maximum Gasteiger partial charge on any atom is 0.416 e.